The van der Waals surface area contributed by atoms with Crippen LogP contribution < -0.4 is 0 Å². The van der Waals surface area contributed by atoms with Crippen molar-refractivity contribution >= 4 is 45.3 Å². The van der Waals surface area contributed by atoms with E-state index in [9.17, 15) is 0 Å². The third-order valence-corrected chi connectivity index (χ3v) is 15.9. The van der Waals surface area contributed by atoms with E-state index in [2.05, 4.69) is 182 Å². The van der Waals surface area contributed by atoms with Crippen molar-refractivity contribution < 1.29 is 0 Å². The van der Waals surface area contributed by atoms with E-state index in [0.717, 1.165) is 9.75 Å². The second-order valence-corrected chi connectivity index (χ2v) is 21.3. The van der Waals surface area contributed by atoms with Gasteiger partial charge in [-0.2, -0.15) is 0 Å². The normalized spacial score (nSPS) is 11.8. The first kappa shape index (κ1) is 47.1. The van der Waals surface area contributed by atoms with Gasteiger partial charge in [-0.1, -0.05) is 158 Å². The van der Waals surface area contributed by atoms with Crippen LogP contribution in [0, 0.1) is 51.4 Å². The summed E-state index contributed by atoms with van der Waals surface area (Å²) in [4.78, 5) is 8.80. The molecule has 0 saturated heterocycles. The largest absolute Gasteiger partial charge is 0.135 e. The first-order valence-electron chi connectivity index (χ1n) is 22.8. The molecule has 0 radical (unpaired) electrons. The van der Waals surface area contributed by atoms with Gasteiger partial charge in [-0.15, -0.1) is 45.3 Å². The minimum atomic E-state index is 0.609. The number of rotatable bonds is 15. The van der Waals surface area contributed by atoms with Gasteiger partial charge < -0.3 is 0 Å². The molecule has 7 aromatic rings. The highest BCUT2D eigenvalue weighted by atomic mass is 32.1. The summed E-state index contributed by atoms with van der Waals surface area (Å²) >= 11 is 7.23. The van der Waals surface area contributed by atoms with Gasteiger partial charge in [0.25, 0.3) is 0 Å². The maximum atomic E-state index is 3.59. The van der Waals surface area contributed by atoms with Crippen molar-refractivity contribution in [2.75, 3.05) is 0 Å². The lowest BCUT2D eigenvalue weighted by molar-refractivity contribution is 0.578. The maximum Gasteiger partial charge on any atom is 0.0809 e. The molecule has 0 amide bonds. The summed E-state index contributed by atoms with van der Waals surface area (Å²) in [5.41, 5.74) is 12.1. The van der Waals surface area contributed by atoms with Gasteiger partial charge in [0, 0.05) is 14.6 Å². The molecule has 4 aromatic heterocycles. The monoisotopic (exact) mass is 888 g/mol. The Balaban J connectivity index is 0.000000207. The highest BCUT2D eigenvalue weighted by molar-refractivity contribution is 7.16. The smallest absolute Gasteiger partial charge is 0.0809 e. The van der Waals surface area contributed by atoms with Crippen LogP contribution in [-0.2, 0) is 0 Å². The highest BCUT2D eigenvalue weighted by Gasteiger charge is 2.18. The molecule has 0 aliphatic carbocycles. The van der Waals surface area contributed by atoms with Crippen molar-refractivity contribution in [2.24, 2.45) is 0 Å². The topological polar surface area (TPSA) is 0 Å². The van der Waals surface area contributed by atoms with Gasteiger partial charge in [0.05, 0.1) is 19.5 Å². The van der Waals surface area contributed by atoms with Crippen molar-refractivity contribution in [3.8, 4) is 56.4 Å². The summed E-state index contributed by atoms with van der Waals surface area (Å²) in [6.45, 7) is 18.3. The zero-order valence-corrected chi connectivity index (χ0v) is 41.5. The van der Waals surface area contributed by atoms with Crippen molar-refractivity contribution in [3.05, 3.63) is 160 Å². The van der Waals surface area contributed by atoms with Gasteiger partial charge >= 0.3 is 0 Å². The number of unbranched alkanes of at least 4 members (excludes halogenated alkanes) is 6. The van der Waals surface area contributed by atoms with Crippen LogP contribution >= 0.6 is 45.3 Å². The summed E-state index contributed by atoms with van der Waals surface area (Å²) in [6.07, 6.45) is 13.3. The first-order chi connectivity index (χ1) is 30.1. The Kier molecular flexibility index (Phi) is 18.1. The van der Waals surface area contributed by atoms with E-state index in [1.807, 2.05) is 28.7 Å². The molecule has 7 rings (SSSR count). The minimum absolute atomic E-state index is 0.609. The summed E-state index contributed by atoms with van der Waals surface area (Å²) in [5.74, 6) is 15.0. The zero-order chi connectivity index (χ0) is 43.8. The van der Waals surface area contributed by atoms with E-state index >= 15 is 0 Å². The fourth-order valence-electron chi connectivity index (χ4n) is 8.32. The Morgan fingerprint density at radius 3 is 1.55 bits per heavy atom. The number of benzene rings is 3. The maximum absolute atomic E-state index is 3.59. The van der Waals surface area contributed by atoms with E-state index < -0.39 is 0 Å². The Morgan fingerprint density at radius 2 is 0.984 bits per heavy atom. The summed E-state index contributed by atoms with van der Waals surface area (Å²) in [5, 5.41) is 2.30. The predicted octanol–water partition coefficient (Wildman–Crippen LogP) is 18.8. The number of aryl methyl sites for hydroxylation is 3. The molecule has 0 aliphatic heterocycles. The van der Waals surface area contributed by atoms with Crippen molar-refractivity contribution in [3.63, 3.8) is 0 Å². The molecule has 0 N–H and O–H groups in total. The van der Waals surface area contributed by atoms with Crippen LogP contribution in [0.15, 0.2) is 109 Å². The molecule has 0 aliphatic rings. The Bertz CT molecular complexity index is 2560. The first-order valence-corrected chi connectivity index (χ1v) is 26.1. The molecular weight excluding hydrogens is 825 g/mol. The Hall–Kier alpha value is -4.42. The lowest BCUT2D eigenvalue weighted by atomic mass is 9.91. The number of hydrogen-bond donors (Lipinski definition) is 0. The summed E-state index contributed by atoms with van der Waals surface area (Å²) < 4.78 is 0. The molecule has 62 heavy (non-hydrogen) atoms. The van der Waals surface area contributed by atoms with Crippen LogP contribution in [-0.4, -0.2) is 0 Å². The Morgan fingerprint density at radius 1 is 0.468 bits per heavy atom. The number of thiophene rings is 4. The second kappa shape index (κ2) is 23.9. The molecule has 3 aromatic carbocycles. The lowest BCUT2D eigenvalue weighted by Gasteiger charge is -2.13. The second-order valence-electron chi connectivity index (χ2n) is 16.8. The van der Waals surface area contributed by atoms with Crippen LogP contribution in [0.25, 0.3) is 32.7 Å². The van der Waals surface area contributed by atoms with Crippen LogP contribution in [0.4, 0.5) is 0 Å². The van der Waals surface area contributed by atoms with Gasteiger partial charge in [-0.3, -0.25) is 0 Å². The standard InChI is InChI=1S/C29H20S2.C29H44S2/c1-21-7-16-27(30-21)17-18-28-19-20-29(31-28)26-14-12-25(13-15-26)24-10-8-23(9-11-24)22-5-3-2-4-6-22;1-8-10-12-14-16-21(3)28-23(5)20-30-27(28)19-18-26-24(6)29(25(7)31-26)22(4)17-15-13-11-9-2/h2-16,19-20H,1H3;20-22H,8-17H2,1-7H3. The van der Waals surface area contributed by atoms with Crippen LogP contribution in [0.5, 0.6) is 0 Å². The van der Waals surface area contributed by atoms with E-state index in [-0.39, 0.29) is 0 Å². The fraction of sp³-hybridized carbons (Fsp3) is 0.345. The molecule has 0 spiro atoms. The van der Waals surface area contributed by atoms with Gasteiger partial charge in [-0.25, -0.2) is 0 Å². The van der Waals surface area contributed by atoms with Crippen molar-refractivity contribution in [1.29, 1.82) is 0 Å². The summed E-state index contributed by atoms with van der Waals surface area (Å²) in [6, 6.07) is 36.6. The molecule has 0 nitrogen and oxygen atoms in total. The lowest BCUT2D eigenvalue weighted by Crippen LogP contribution is -1.97. The molecule has 320 valence electrons. The van der Waals surface area contributed by atoms with Crippen LogP contribution in [0.2, 0.25) is 0 Å². The van der Waals surface area contributed by atoms with Gasteiger partial charge in [0.2, 0.25) is 0 Å². The molecule has 2 atom stereocenters. The molecule has 0 fully saturated rings. The fourth-order valence-corrected chi connectivity index (χ4v) is 12.1. The third-order valence-electron chi connectivity index (χ3n) is 11.8. The van der Waals surface area contributed by atoms with Crippen LogP contribution in [0.1, 0.15) is 155 Å². The van der Waals surface area contributed by atoms with Gasteiger partial charge in [-0.05, 0) is 156 Å². The molecule has 4 heterocycles. The quantitative estimate of drug-likeness (QED) is 0.0711. The number of hydrogen-bond acceptors (Lipinski definition) is 4. The van der Waals surface area contributed by atoms with Gasteiger partial charge in [0.1, 0.15) is 0 Å². The average molecular weight is 889 g/mol. The molecule has 4 heteroatoms. The van der Waals surface area contributed by atoms with Crippen molar-refractivity contribution in [1.82, 2.24) is 0 Å². The van der Waals surface area contributed by atoms with Crippen molar-refractivity contribution in [2.45, 2.75) is 131 Å². The molecule has 0 bridgehead atoms. The SMILES string of the molecule is CCCCCCC(C)c1c(C)csc1C#Cc1sc(C)c(C(C)CCCCCC)c1C.Cc1ccc(C#Cc2ccc(-c3ccc(-c4ccc(-c5ccccc5)cc4)cc3)s2)s1. The highest BCUT2D eigenvalue weighted by Crippen LogP contribution is 2.37. The Labute approximate surface area is 390 Å². The molecule has 2 unspecified atom stereocenters. The predicted molar refractivity (Wildman–Crippen MR) is 279 cm³/mol. The van der Waals surface area contributed by atoms with E-state index in [1.54, 1.807) is 28.2 Å². The zero-order valence-electron chi connectivity index (χ0n) is 38.3. The van der Waals surface area contributed by atoms with Crippen LogP contribution in [0.3, 0.4) is 0 Å². The average Bonchev–Trinajstić information content (AvgIpc) is 4.09. The molecular formula is C58H64S4. The van der Waals surface area contributed by atoms with Gasteiger partial charge in [0.15, 0.2) is 0 Å². The van der Waals surface area contributed by atoms with E-state index in [0.29, 0.717) is 11.8 Å². The molecule has 0 saturated carbocycles. The van der Waals surface area contributed by atoms with E-state index in [1.165, 1.54) is 133 Å². The minimum Gasteiger partial charge on any atom is -0.135 e. The third kappa shape index (κ3) is 13.1. The van der Waals surface area contributed by atoms with E-state index in [4.69, 9.17) is 0 Å². The summed E-state index contributed by atoms with van der Waals surface area (Å²) in [7, 11) is 0.